The van der Waals surface area contributed by atoms with E-state index in [0.717, 1.165) is 16.9 Å². The van der Waals surface area contributed by atoms with Crippen LogP contribution < -0.4 is 15.1 Å². The first kappa shape index (κ1) is 22.0. The van der Waals surface area contributed by atoms with Crippen molar-refractivity contribution in [3.8, 4) is 5.88 Å². The second kappa shape index (κ2) is 9.13. The SMILES string of the molecule is Cc1[nH]c2ccc(NN=Cc3cc(OCC(C)(C)O)nc(N4CCOCC4)n3)cc2c1C. The number of aliphatic hydroxyl groups is 1. The van der Waals surface area contributed by atoms with Crippen molar-refractivity contribution in [2.24, 2.45) is 5.10 Å². The number of hydrogen-bond donors (Lipinski definition) is 3. The van der Waals surface area contributed by atoms with E-state index >= 15 is 0 Å². The van der Waals surface area contributed by atoms with Gasteiger partial charge in [0.15, 0.2) is 0 Å². The molecule has 0 aliphatic carbocycles. The average molecular weight is 439 g/mol. The van der Waals surface area contributed by atoms with E-state index in [0.29, 0.717) is 43.8 Å². The standard InChI is InChI=1S/C23H30N6O3/c1-15-16(2)25-20-6-5-17(11-19(15)20)28-24-13-18-12-21(32-14-23(3,4)30)27-22(26-18)29-7-9-31-10-8-29/h5-6,11-13,25,28,30H,7-10,14H2,1-4H3. The van der Waals surface area contributed by atoms with Crippen LogP contribution in [0.2, 0.25) is 0 Å². The van der Waals surface area contributed by atoms with Gasteiger partial charge in [-0.25, -0.2) is 4.98 Å². The second-order valence-corrected chi connectivity index (χ2v) is 8.64. The predicted octanol–water partition coefficient (Wildman–Crippen LogP) is 3.01. The minimum absolute atomic E-state index is 0.122. The maximum absolute atomic E-state index is 10.00. The maximum Gasteiger partial charge on any atom is 0.229 e. The molecule has 1 saturated heterocycles. The number of morpholine rings is 1. The van der Waals surface area contributed by atoms with Crippen LogP contribution in [0.15, 0.2) is 29.4 Å². The minimum Gasteiger partial charge on any atom is -0.474 e. The van der Waals surface area contributed by atoms with Crippen LogP contribution in [0.4, 0.5) is 11.6 Å². The molecule has 1 aromatic carbocycles. The van der Waals surface area contributed by atoms with Crippen molar-refractivity contribution in [2.75, 3.05) is 43.2 Å². The van der Waals surface area contributed by atoms with Crippen LogP contribution in [-0.4, -0.2) is 64.8 Å². The molecule has 0 atom stereocenters. The molecule has 0 unspecified atom stereocenters. The van der Waals surface area contributed by atoms with Crippen molar-refractivity contribution in [1.29, 1.82) is 0 Å². The summed E-state index contributed by atoms with van der Waals surface area (Å²) in [6.07, 6.45) is 1.64. The van der Waals surface area contributed by atoms with Gasteiger partial charge < -0.3 is 24.5 Å². The van der Waals surface area contributed by atoms with Gasteiger partial charge in [-0.2, -0.15) is 10.1 Å². The predicted molar refractivity (Wildman–Crippen MR) is 126 cm³/mol. The Balaban J connectivity index is 1.54. The molecule has 0 amide bonds. The van der Waals surface area contributed by atoms with E-state index in [-0.39, 0.29) is 6.61 Å². The molecule has 1 fully saturated rings. The van der Waals surface area contributed by atoms with Gasteiger partial charge >= 0.3 is 0 Å². The molecule has 0 radical (unpaired) electrons. The molecule has 9 nitrogen and oxygen atoms in total. The Bertz CT molecular complexity index is 1110. The highest BCUT2D eigenvalue weighted by molar-refractivity contribution is 5.87. The van der Waals surface area contributed by atoms with Gasteiger partial charge in [-0.15, -0.1) is 0 Å². The van der Waals surface area contributed by atoms with Gasteiger partial charge in [0.25, 0.3) is 0 Å². The summed E-state index contributed by atoms with van der Waals surface area (Å²) in [5, 5.41) is 15.5. The molecule has 3 heterocycles. The van der Waals surface area contributed by atoms with Crippen molar-refractivity contribution in [2.45, 2.75) is 33.3 Å². The summed E-state index contributed by atoms with van der Waals surface area (Å²) in [5.41, 5.74) is 7.10. The molecule has 9 heteroatoms. The van der Waals surface area contributed by atoms with E-state index in [1.807, 2.05) is 12.1 Å². The number of benzene rings is 1. The number of fused-ring (bicyclic) bond motifs is 1. The van der Waals surface area contributed by atoms with Crippen LogP contribution in [-0.2, 0) is 4.74 Å². The van der Waals surface area contributed by atoms with Gasteiger partial charge in [-0.3, -0.25) is 5.43 Å². The van der Waals surface area contributed by atoms with E-state index in [1.165, 1.54) is 10.9 Å². The molecule has 0 spiro atoms. The fourth-order valence-electron chi connectivity index (χ4n) is 3.43. The number of hydrogen-bond acceptors (Lipinski definition) is 8. The number of aromatic nitrogens is 3. The summed E-state index contributed by atoms with van der Waals surface area (Å²) in [5.74, 6) is 0.952. The summed E-state index contributed by atoms with van der Waals surface area (Å²) >= 11 is 0. The molecule has 3 aromatic rings. The Kier molecular flexibility index (Phi) is 6.29. The van der Waals surface area contributed by atoms with Gasteiger partial charge in [-0.1, -0.05) is 0 Å². The monoisotopic (exact) mass is 438 g/mol. The molecule has 4 rings (SSSR count). The van der Waals surface area contributed by atoms with Crippen LogP contribution in [0.3, 0.4) is 0 Å². The minimum atomic E-state index is -0.965. The van der Waals surface area contributed by atoms with Crippen molar-refractivity contribution in [3.63, 3.8) is 0 Å². The summed E-state index contributed by atoms with van der Waals surface area (Å²) in [6, 6.07) is 7.80. The number of ether oxygens (including phenoxy) is 2. The number of nitrogens with one attached hydrogen (secondary N) is 2. The molecule has 0 bridgehead atoms. The Morgan fingerprint density at radius 3 is 2.78 bits per heavy atom. The quantitative estimate of drug-likeness (QED) is 0.384. The number of rotatable bonds is 7. The van der Waals surface area contributed by atoms with E-state index in [9.17, 15) is 5.11 Å². The molecule has 0 saturated carbocycles. The fraction of sp³-hybridized carbons (Fsp3) is 0.435. The Labute approximate surface area is 187 Å². The fourth-order valence-corrected chi connectivity index (χ4v) is 3.43. The smallest absolute Gasteiger partial charge is 0.229 e. The van der Waals surface area contributed by atoms with E-state index in [4.69, 9.17) is 9.47 Å². The Hall–Kier alpha value is -3.17. The van der Waals surface area contributed by atoms with Gasteiger partial charge in [0.05, 0.1) is 36.4 Å². The van der Waals surface area contributed by atoms with E-state index in [1.54, 1.807) is 26.1 Å². The highest BCUT2D eigenvalue weighted by Gasteiger charge is 2.18. The Morgan fingerprint density at radius 2 is 2.03 bits per heavy atom. The van der Waals surface area contributed by atoms with Crippen LogP contribution >= 0.6 is 0 Å². The first-order valence-corrected chi connectivity index (χ1v) is 10.7. The lowest BCUT2D eigenvalue weighted by Crippen LogP contribution is -2.37. The zero-order chi connectivity index (χ0) is 22.7. The molecular formula is C23H30N6O3. The van der Waals surface area contributed by atoms with Crippen molar-refractivity contribution in [3.05, 3.63) is 41.2 Å². The summed E-state index contributed by atoms with van der Waals surface area (Å²) in [4.78, 5) is 14.6. The lowest BCUT2D eigenvalue weighted by molar-refractivity contribution is 0.0268. The van der Waals surface area contributed by atoms with Crippen LogP contribution in [0, 0.1) is 13.8 Å². The van der Waals surface area contributed by atoms with Gasteiger partial charge in [0.2, 0.25) is 11.8 Å². The summed E-state index contributed by atoms with van der Waals surface area (Å²) < 4.78 is 11.2. The lowest BCUT2D eigenvalue weighted by Gasteiger charge is -2.27. The van der Waals surface area contributed by atoms with Gasteiger partial charge in [0.1, 0.15) is 6.61 Å². The van der Waals surface area contributed by atoms with Crippen molar-refractivity contribution < 1.29 is 14.6 Å². The van der Waals surface area contributed by atoms with Crippen LogP contribution in [0.25, 0.3) is 10.9 Å². The first-order valence-electron chi connectivity index (χ1n) is 10.7. The van der Waals surface area contributed by atoms with E-state index in [2.05, 4.69) is 50.3 Å². The first-order chi connectivity index (χ1) is 15.3. The molecule has 170 valence electrons. The normalized spacial score (nSPS) is 15.0. The summed E-state index contributed by atoms with van der Waals surface area (Å²) in [7, 11) is 0. The van der Waals surface area contributed by atoms with Gasteiger partial charge in [-0.05, 0) is 51.5 Å². The second-order valence-electron chi connectivity index (χ2n) is 8.64. The average Bonchev–Trinajstić information content (AvgIpc) is 3.06. The third-order valence-corrected chi connectivity index (χ3v) is 5.28. The van der Waals surface area contributed by atoms with Crippen LogP contribution in [0.1, 0.15) is 30.8 Å². The van der Waals surface area contributed by atoms with Crippen molar-refractivity contribution >= 4 is 28.8 Å². The van der Waals surface area contributed by atoms with Gasteiger partial charge in [0, 0.05) is 35.8 Å². The number of anilines is 2. The summed E-state index contributed by atoms with van der Waals surface area (Å²) in [6.45, 7) is 10.3. The zero-order valence-electron chi connectivity index (χ0n) is 19.0. The number of aryl methyl sites for hydroxylation is 2. The topological polar surface area (TPSA) is 108 Å². The largest absolute Gasteiger partial charge is 0.474 e. The molecule has 1 aliphatic heterocycles. The molecular weight excluding hydrogens is 408 g/mol. The Morgan fingerprint density at radius 1 is 1.25 bits per heavy atom. The molecule has 3 N–H and O–H groups in total. The lowest BCUT2D eigenvalue weighted by atomic mass is 10.1. The molecule has 32 heavy (non-hydrogen) atoms. The van der Waals surface area contributed by atoms with Crippen LogP contribution in [0.5, 0.6) is 5.88 Å². The number of hydrazone groups is 1. The number of H-pyrrole nitrogens is 1. The van der Waals surface area contributed by atoms with E-state index < -0.39 is 5.60 Å². The molecule has 2 aromatic heterocycles. The van der Waals surface area contributed by atoms with Crippen molar-refractivity contribution in [1.82, 2.24) is 15.0 Å². The third-order valence-electron chi connectivity index (χ3n) is 5.28. The number of nitrogens with zero attached hydrogens (tertiary/aromatic N) is 4. The number of aromatic amines is 1. The molecule has 1 aliphatic rings. The third kappa shape index (κ3) is 5.35. The highest BCUT2D eigenvalue weighted by atomic mass is 16.5. The zero-order valence-corrected chi connectivity index (χ0v) is 19.0. The maximum atomic E-state index is 10.00. The highest BCUT2D eigenvalue weighted by Crippen LogP contribution is 2.24.